The normalized spacial score (nSPS) is 11.2. The molecule has 2 rings (SSSR count). The standard InChI is InChI=1S/C17H16BrN3O3/c1-11(19-16(23)12-5-3-2-4-6-12)15(22)20-21-17(24)13-7-9-14(18)10-8-13/h2-11H,1H3,(H,19,23)(H,20,22)(H,21,24)/t11-/m0/s1. The van der Waals surface area contributed by atoms with Crippen molar-refractivity contribution in [3.05, 3.63) is 70.2 Å². The first-order valence-corrected chi connectivity index (χ1v) is 7.98. The van der Waals surface area contributed by atoms with Crippen LogP contribution in [0.4, 0.5) is 0 Å². The maximum Gasteiger partial charge on any atom is 0.269 e. The molecule has 0 fully saturated rings. The van der Waals surface area contributed by atoms with Gasteiger partial charge in [0, 0.05) is 15.6 Å². The third-order valence-corrected chi connectivity index (χ3v) is 3.71. The summed E-state index contributed by atoms with van der Waals surface area (Å²) in [6, 6.07) is 14.4. The van der Waals surface area contributed by atoms with Gasteiger partial charge in [0.25, 0.3) is 17.7 Å². The largest absolute Gasteiger partial charge is 0.340 e. The van der Waals surface area contributed by atoms with Crippen molar-refractivity contribution in [2.24, 2.45) is 0 Å². The number of benzene rings is 2. The number of hydrogen-bond donors (Lipinski definition) is 3. The molecule has 0 aliphatic rings. The van der Waals surface area contributed by atoms with Gasteiger partial charge in [-0.3, -0.25) is 25.2 Å². The van der Waals surface area contributed by atoms with Gasteiger partial charge in [-0.15, -0.1) is 0 Å². The molecule has 0 saturated heterocycles. The highest BCUT2D eigenvalue weighted by atomic mass is 79.9. The van der Waals surface area contributed by atoms with Crippen molar-refractivity contribution in [1.29, 1.82) is 0 Å². The van der Waals surface area contributed by atoms with Crippen molar-refractivity contribution in [2.45, 2.75) is 13.0 Å². The lowest BCUT2D eigenvalue weighted by molar-refractivity contribution is -0.123. The highest BCUT2D eigenvalue weighted by molar-refractivity contribution is 9.10. The Morgan fingerprint density at radius 2 is 1.42 bits per heavy atom. The van der Waals surface area contributed by atoms with E-state index in [9.17, 15) is 14.4 Å². The molecule has 24 heavy (non-hydrogen) atoms. The van der Waals surface area contributed by atoms with Crippen LogP contribution >= 0.6 is 15.9 Å². The van der Waals surface area contributed by atoms with Crippen LogP contribution in [0.25, 0.3) is 0 Å². The summed E-state index contributed by atoms with van der Waals surface area (Å²) >= 11 is 3.28. The maximum atomic E-state index is 12.0. The predicted molar refractivity (Wildman–Crippen MR) is 93.1 cm³/mol. The molecule has 0 spiro atoms. The molecule has 0 saturated carbocycles. The smallest absolute Gasteiger partial charge is 0.269 e. The molecule has 7 heteroatoms. The van der Waals surface area contributed by atoms with E-state index in [1.807, 2.05) is 0 Å². The molecule has 0 radical (unpaired) electrons. The lowest BCUT2D eigenvalue weighted by Crippen LogP contribution is -2.51. The summed E-state index contributed by atoms with van der Waals surface area (Å²) in [5.74, 6) is -1.33. The van der Waals surface area contributed by atoms with Crippen molar-refractivity contribution < 1.29 is 14.4 Å². The average Bonchev–Trinajstić information content (AvgIpc) is 2.60. The predicted octanol–water partition coefficient (Wildman–Crippen LogP) is 2.03. The molecular formula is C17H16BrN3O3. The van der Waals surface area contributed by atoms with Crippen LogP contribution in [0.1, 0.15) is 27.6 Å². The maximum absolute atomic E-state index is 12.0. The average molecular weight is 390 g/mol. The van der Waals surface area contributed by atoms with E-state index in [1.54, 1.807) is 54.6 Å². The fraction of sp³-hybridized carbons (Fsp3) is 0.118. The molecule has 1 atom stereocenters. The Labute approximate surface area is 147 Å². The number of halogens is 1. The van der Waals surface area contributed by atoms with E-state index in [-0.39, 0.29) is 5.91 Å². The van der Waals surface area contributed by atoms with Crippen molar-refractivity contribution in [1.82, 2.24) is 16.2 Å². The minimum absolute atomic E-state index is 0.363. The van der Waals surface area contributed by atoms with Gasteiger partial charge in [-0.2, -0.15) is 0 Å². The van der Waals surface area contributed by atoms with Crippen molar-refractivity contribution in [2.75, 3.05) is 0 Å². The minimum Gasteiger partial charge on any atom is -0.340 e. The summed E-state index contributed by atoms with van der Waals surface area (Å²) in [4.78, 5) is 35.8. The number of nitrogens with one attached hydrogen (secondary N) is 3. The summed E-state index contributed by atoms with van der Waals surface area (Å²) in [6.07, 6.45) is 0. The Morgan fingerprint density at radius 3 is 2.04 bits per heavy atom. The zero-order valence-corrected chi connectivity index (χ0v) is 14.5. The Bertz CT molecular complexity index is 733. The molecule has 6 nitrogen and oxygen atoms in total. The van der Waals surface area contributed by atoms with E-state index in [0.29, 0.717) is 11.1 Å². The third-order valence-electron chi connectivity index (χ3n) is 3.18. The topological polar surface area (TPSA) is 87.3 Å². The van der Waals surface area contributed by atoms with E-state index < -0.39 is 17.9 Å². The Kier molecular flexibility index (Phi) is 6.08. The van der Waals surface area contributed by atoms with Gasteiger partial charge in [-0.05, 0) is 43.3 Å². The van der Waals surface area contributed by atoms with Gasteiger partial charge in [-0.25, -0.2) is 0 Å². The molecule has 0 aromatic heterocycles. The fourth-order valence-electron chi connectivity index (χ4n) is 1.84. The van der Waals surface area contributed by atoms with Gasteiger partial charge in [-0.1, -0.05) is 34.1 Å². The first kappa shape index (κ1) is 17.7. The first-order chi connectivity index (χ1) is 11.5. The fourth-order valence-corrected chi connectivity index (χ4v) is 2.10. The highest BCUT2D eigenvalue weighted by Gasteiger charge is 2.17. The molecule has 3 N–H and O–H groups in total. The summed E-state index contributed by atoms with van der Waals surface area (Å²) in [6.45, 7) is 1.53. The summed E-state index contributed by atoms with van der Waals surface area (Å²) in [7, 11) is 0. The number of carbonyl (C=O) groups excluding carboxylic acids is 3. The number of hydrazine groups is 1. The zero-order valence-electron chi connectivity index (χ0n) is 12.9. The zero-order chi connectivity index (χ0) is 17.5. The molecular weight excluding hydrogens is 374 g/mol. The molecule has 0 aliphatic carbocycles. The van der Waals surface area contributed by atoms with E-state index in [2.05, 4.69) is 32.1 Å². The highest BCUT2D eigenvalue weighted by Crippen LogP contribution is 2.10. The van der Waals surface area contributed by atoms with Gasteiger partial charge in [0.15, 0.2) is 0 Å². The van der Waals surface area contributed by atoms with Gasteiger partial charge >= 0.3 is 0 Å². The van der Waals surface area contributed by atoms with Crippen LogP contribution in [0.15, 0.2) is 59.1 Å². The van der Waals surface area contributed by atoms with Gasteiger partial charge in [0.1, 0.15) is 6.04 Å². The number of hydrogen-bond acceptors (Lipinski definition) is 3. The minimum atomic E-state index is -0.803. The molecule has 0 heterocycles. The first-order valence-electron chi connectivity index (χ1n) is 7.19. The van der Waals surface area contributed by atoms with Gasteiger partial charge in [0.05, 0.1) is 0 Å². The van der Waals surface area contributed by atoms with Crippen LogP contribution in [0.3, 0.4) is 0 Å². The van der Waals surface area contributed by atoms with Crippen LogP contribution in [0, 0.1) is 0 Å². The van der Waals surface area contributed by atoms with Gasteiger partial charge < -0.3 is 5.32 Å². The van der Waals surface area contributed by atoms with Crippen LogP contribution in [-0.4, -0.2) is 23.8 Å². The lowest BCUT2D eigenvalue weighted by Gasteiger charge is -2.14. The molecule has 0 aliphatic heterocycles. The van der Waals surface area contributed by atoms with Gasteiger partial charge in [0.2, 0.25) is 0 Å². The van der Waals surface area contributed by atoms with Crippen molar-refractivity contribution in [3.8, 4) is 0 Å². The van der Waals surface area contributed by atoms with E-state index in [4.69, 9.17) is 0 Å². The molecule has 2 aromatic carbocycles. The summed E-state index contributed by atoms with van der Waals surface area (Å²) in [5, 5.41) is 2.56. The van der Waals surface area contributed by atoms with E-state index >= 15 is 0 Å². The Morgan fingerprint density at radius 1 is 0.833 bits per heavy atom. The SMILES string of the molecule is C[C@H](NC(=O)c1ccccc1)C(=O)NNC(=O)c1ccc(Br)cc1. The molecule has 3 amide bonds. The molecule has 0 unspecified atom stereocenters. The quantitative estimate of drug-likeness (QED) is 0.699. The van der Waals surface area contributed by atoms with Crippen LogP contribution < -0.4 is 16.2 Å². The Balaban J connectivity index is 1.84. The van der Waals surface area contributed by atoms with Crippen molar-refractivity contribution >= 4 is 33.7 Å². The third kappa shape index (κ3) is 4.92. The van der Waals surface area contributed by atoms with Crippen LogP contribution in [0.2, 0.25) is 0 Å². The number of carbonyl (C=O) groups is 3. The molecule has 124 valence electrons. The molecule has 2 aromatic rings. The second-order valence-corrected chi connectivity index (χ2v) is 5.93. The number of amides is 3. The second-order valence-electron chi connectivity index (χ2n) is 5.01. The van der Waals surface area contributed by atoms with E-state index in [1.165, 1.54) is 6.92 Å². The monoisotopic (exact) mass is 389 g/mol. The second kappa shape index (κ2) is 8.26. The molecule has 0 bridgehead atoms. The van der Waals surface area contributed by atoms with E-state index in [0.717, 1.165) is 4.47 Å². The van der Waals surface area contributed by atoms with Crippen LogP contribution in [-0.2, 0) is 4.79 Å². The number of rotatable bonds is 4. The van der Waals surface area contributed by atoms with Crippen molar-refractivity contribution in [3.63, 3.8) is 0 Å². The lowest BCUT2D eigenvalue weighted by atomic mass is 10.2. The summed E-state index contributed by atoms with van der Waals surface area (Å²) in [5.41, 5.74) is 5.45. The summed E-state index contributed by atoms with van der Waals surface area (Å²) < 4.78 is 0.848. The Hall–Kier alpha value is -2.67. The van der Waals surface area contributed by atoms with Crippen LogP contribution in [0.5, 0.6) is 0 Å².